The van der Waals surface area contributed by atoms with Crippen molar-refractivity contribution >= 4 is 69.4 Å². The molecular weight excluding hydrogens is 771 g/mol. The fourth-order valence-corrected chi connectivity index (χ4v) is 5.90. The Bertz CT molecular complexity index is 1450. The van der Waals surface area contributed by atoms with Gasteiger partial charge in [-0.1, -0.05) is 66.8 Å². The van der Waals surface area contributed by atoms with Gasteiger partial charge in [-0.25, -0.2) is 4.98 Å². The molecule has 0 aliphatic carbocycles. The van der Waals surface area contributed by atoms with Crippen LogP contribution in [0.5, 0.6) is 0 Å². The van der Waals surface area contributed by atoms with Crippen LogP contribution in [-0.4, -0.2) is 96.2 Å². The zero-order valence-electron chi connectivity index (χ0n) is 28.8. The van der Waals surface area contributed by atoms with E-state index in [-0.39, 0.29) is 32.7 Å². The monoisotopic (exact) mass is 816 g/mol. The number of ether oxygens (including phenoxy) is 4. The second kappa shape index (κ2) is 19.6. The van der Waals surface area contributed by atoms with E-state index in [9.17, 15) is 28.8 Å². The van der Waals surface area contributed by atoms with Crippen molar-refractivity contribution in [2.75, 3.05) is 34.0 Å². The minimum absolute atomic E-state index is 0.00405. The van der Waals surface area contributed by atoms with E-state index in [1.54, 1.807) is 20.8 Å². The van der Waals surface area contributed by atoms with Crippen LogP contribution in [0.15, 0.2) is 36.5 Å². The molecule has 14 nitrogen and oxygen atoms in total. The van der Waals surface area contributed by atoms with Crippen molar-refractivity contribution in [3.05, 3.63) is 52.0 Å². The molecule has 0 saturated heterocycles. The van der Waals surface area contributed by atoms with Gasteiger partial charge in [0.25, 0.3) is 5.91 Å². The zero-order chi connectivity index (χ0) is 36.8. The molecule has 2 aromatic rings. The van der Waals surface area contributed by atoms with E-state index in [1.807, 2.05) is 52.9 Å². The smallest absolute Gasteiger partial charge is 0.307 e. The number of carbonyl (C=O) groups is 6. The molecule has 0 aliphatic heterocycles. The van der Waals surface area contributed by atoms with Gasteiger partial charge in [0.05, 0.1) is 37.4 Å². The number of halogens is 1. The van der Waals surface area contributed by atoms with E-state index < -0.39 is 62.6 Å². The number of aromatic nitrogens is 1. The number of Topliss-reactive ketones (excluding diaryl/α,β-unsaturated/α-hetero) is 1. The molecule has 1 heterocycles. The Balaban J connectivity index is 2.25. The Labute approximate surface area is 303 Å². The largest absolute Gasteiger partial charge is 0.465 e. The van der Waals surface area contributed by atoms with Gasteiger partial charge in [0.2, 0.25) is 11.8 Å². The van der Waals surface area contributed by atoms with Crippen LogP contribution >= 0.6 is 33.9 Å². The Morgan fingerprint density at radius 1 is 0.918 bits per heavy atom. The number of hydrogen-bond donors (Lipinski definition) is 3. The normalized spacial score (nSPS) is 14.4. The third-order valence-electron chi connectivity index (χ3n) is 7.17. The number of methoxy groups -OCH3 is 2. The van der Waals surface area contributed by atoms with Crippen molar-refractivity contribution in [3.8, 4) is 0 Å². The van der Waals surface area contributed by atoms with Gasteiger partial charge in [0, 0.05) is 33.0 Å². The average molecular weight is 817 g/mol. The zero-order valence-corrected chi connectivity index (χ0v) is 31.7. The predicted octanol–water partition coefficient (Wildman–Crippen LogP) is 2.69. The number of esters is 2. The fourth-order valence-electron chi connectivity index (χ4n) is 4.44. The topological polar surface area (TPSA) is 188 Å². The van der Waals surface area contributed by atoms with E-state index in [0.29, 0.717) is 16.3 Å². The first-order chi connectivity index (χ1) is 23.0. The van der Waals surface area contributed by atoms with Crippen LogP contribution in [0.4, 0.5) is 0 Å². The lowest BCUT2D eigenvalue weighted by Crippen LogP contribution is -2.60. The summed E-state index contributed by atoms with van der Waals surface area (Å²) in [6, 6.07) is 6.85. The van der Waals surface area contributed by atoms with Gasteiger partial charge in [0.1, 0.15) is 21.0 Å². The van der Waals surface area contributed by atoms with Gasteiger partial charge >= 0.3 is 11.9 Å². The van der Waals surface area contributed by atoms with Gasteiger partial charge < -0.3 is 34.9 Å². The molecule has 0 bridgehead atoms. The minimum atomic E-state index is -1.83. The number of thiazole rings is 1. The number of nitrogens with zero attached hydrogens (tertiary/aromatic N) is 1. The lowest BCUT2D eigenvalue weighted by atomic mass is 9.90. The van der Waals surface area contributed by atoms with E-state index in [2.05, 4.69) is 20.9 Å². The second-order valence-corrected chi connectivity index (χ2v) is 14.7. The summed E-state index contributed by atoms with van der Waals surface area (Å²) in [4.78, 5) is 82.3. The number of nitrogens with one attached hydrogen (secondary N) is 3. The maximum absolute atomic E-state index is 13.8. The quantitative estimate of drug-likeness (QED) is 0.0772. The molecule has 0 spiro atoms. The Kier molecular flexibility index (Phi) is 16.7. The van der Waals surface area contributed by atoms with Crippen molar-refractivity contribution in [1.29, 1.82) is 0 Å². The lowest BCUT2D eigenvalue weighted by molar-refractivity contribution is -0.169. The van der Waals surface area contributed by atoms with E-state index in [1.165, 1.54) is 34.3 Å². The molecule has 0 aliphatic rings. The average Bonchev–Trinajstić information content (AvgIpc) is 3.48. The molecular formula is C33H45IN4O10S. The number of amides is 3. The number of ketones is 1. The number of alkyl halides is 1. The molecule has 0 radical (unpaired) electrons. The molecule has 3 amide bonds. The van der Waals surface area contributed by atoms with Gasteiger partial charge in [-0.3, -0.25) is 28.8 Å². The van der Waals surface area contributed by atoms with Crippen LogP contribution in [0.3, 0.4) is 0 Å². The number of benzene rings is 1. The van der Waals surface area contributed by atoms with Crippen molar-refractivity contribution in [2.45, 2.75) is 75.6 Å². The highest BCUT2D eigenvalue weighted by Crippen LogP contribution is 2.29. The third kappa shape index (κ3) is 13.7. The molecule has 4 atom stereocenters. The molecule has 49 heavy (non-hydrogen) atoms. The standard InChI is InChI=1S/C33H45IN4O10S/c1-20-35-16-25(49-20)30(44)37-23(17-45-6)28(42)36-24(18-46-7)29(43)38-31(34)33(5,26(40)14-13-22-11-9-8-10-12-22)48-27(41)15-32(3,4)19-47-21(2)39/h8-12,16,23-24,31H,13-15,17-19H2,1-7H3,(H,36,42)(H,37,44)(H,38,43). The molecule has 0 fully saturated rings. The van der Waals surface area contributed by atoms with Gasteiger partial charge in [0.15, 0.2) is 11.4 Å². The van der Waals surface area contributed by atoms with E-state index in [4.69, 9.17) is 18.9 Å². The van der Waals surface area contributed by atoms with Crippen LogP contribution in [0.2, 0.25) is 0 Å². The highest BCUT2D eigenvalue weighted by molar-refractivity contribution is 14.1. The van der Waals surface area contributed by atoms with Crippen molar-refractivity contribution in [2.24, 2.45) is 5.41 Å². The summed E-state index contributed by atoms with van der Waals surface area (Å²) in [6.45, 7) is 7.35. The second-order valence-electron chi connectivity index (χ2n) is 12.2. The van der Waals surface area contributed by atoms with Gasteiger partial charge in [-0.2, -0.15) is 0 Å². The van der Waals surface area contributed by atoms with Crippen LogP contribution in [-0.2, 0) is 49.3 Å². The summed E-state index contributed by atoms with van der Waals surface area (Å²) in [5.41, 5.74) is -1.74. The SMILES string of the molecule is COCC(NC(=O)c1cnc(C)s1)C(=O)NC(COC)C(=O)NC(I)C(C)(OC(=O)CC(C)(C)COC(C)=O)C(=O)CCc1ccccc1. The molecule has 16 heteroatoms. The van der Waals surface area contributed by atoms with Crippen molar-refractivity contribution in [3.63, 3.8) is 0 Å². The van der Waals surface area contributed by atoms with Crippen LogP contribution in [0, 0.1) is 12.3 Å². The van der Waals surface area contributed by atoms with E-state index >= 15 is 0 Å². The summed E-state index contributed by atoms with van der Waals surface area (Å²) < 4.78 is 20.1. The van der Waals surface area contributed by atoms with Crippen molar-refractivity contribution in [1.82, 2.24) is 20.9 Å². The van der Waals surface area contributed by atoms with Crippen LogP contribution in [0.25, 0.3) is 0 Å². The molecule has 4 unspecified atom stereocenters. The van der Waals surface area contributed by atoms with Gasteiger partial charge in [-0.15, -0.1) is 11.3 Å². The summed E-state index contributed by atoms with van der Waals surface area (Å²) in [6.07, 6.45) is 1.56. The summed E-state index contributed by atoms with van der Waals surface area (Å²) >= 11 is 2.97. The number of aryl methyl sites for hydroxylation is 2. The third-order valence-corrected chi connectivity index (χ3v) is 9.58. The molecule has 0 saturated carbocycles. The fraction of sp³-hybridized carbons (Fsp3) is 0.545. The van der Waals surface area contributed by atoms with Gasteiger partial charge in [-0.05, 0) is 25.8 Å². The first-order valence-electron chi connectivity index (χ1n) is 15.4. The number of hydrogen-bond acceptors (Lipinski definition) is 12. The summed E-state index contributed by atoms with van der Waals surface area (Å²) in [7, 11) is 2.70. The summed E-state index contributed by atoms with van der Waals surface area (Å²) in [5, 5.41) is 8.53. The highest BCUT2D eigenvalue weighted by atomic mass is 127. The minimum Gasteiger partial charge on any atom is -0.465 e. The number of carbonyl (C=O) groups excluding carboxylic acids is 6. The Hall–Kier alpha value is -3.48. The van der Waals surface area contributed by atoms with Crippen LogP contribution in [0.1, 0.15) is 60.8 Å². The lowest BCUT2D eigenvalue weighted by Gasteiger charge is -2.35. The number of rotatable bonds is 20. The van der Waals surface area contributed by atoms with Crippen LogP contribution < -0.4 is 16.0 Å². The van der Waals surface area contributed by atoms with Crippen molar-refractivity contribution < 1.29 is 47.7 Å². The molecule has 270 valence electrons. The molecule has 3 N–H and O–H groups in total. The first kappa shape index (κ1) is 41.7. The first-order valence-corrected chi connectivity index (χ1v) is 17.5. The maximum Gasteiger partial charge on any atom is 0.307 e. The Morgan fingerprint density at radius 3 is 2.06 bits per heavy atom. The predicted molar refractivity (Wildman–Crippen MR) is 189 cm³/mol. The van der Waals surface area contributed by atoms with E-state index in [0.717, 1.165) is 16.9 Å². The highest BCUT2D eigenvalue weighted by Gasteiger charge is 2.45. The summed E-state index contributed by atoms with van der Waals surface area (Å²) in [5.74, 6) is -3.67. The molecule has 1 aromatic carbocycles. The maximum atomic E-state index is 13.8. The molecule has 1 aromatic heterocycles. The Morgan fingerprint density at radius 2 is 1.51 bits per heavy atom. The molecule has 2 rings (SSSR count).